The number of hydrogen-bond acceptors (Lipinski definition) is 10. The molecule has 3 aliphatic rings. The van der Waals surface area contributed by atoms with Gasteiger partial charge in [0.15, 0.2) is 11.4 Å². The third-order valence-corrected chi connectivity index (χ3v) is 9.37. The molecule has 47 heavy (non-hydrogen) atoms. The second-order valence-electron chi connectivity index (χ2n) is 15.0. The molecule has 1 fully saturated rings. The van der Waals surface area contributed by atoms with Gasteiger partial charge in [-0.1, -0.05) is 32.9 Å². The third kappa shape index (κ3) is 5.29. The number of likely N-dealkylation sites (N-methyl/N-ethyl adjacent to an activating group) is 1. The van der Waals surface area contributed by atoms with Crippen LogP contribution < -0.4 is 5.32 Å². The number of benzene rings is 2. The second kappa shape index (κ2) is 11.0. The standard InChI is InChI=1S/C35H41N3O9/c1-33(2,3)22-15-19(16-10-9-11-18(12-16)38(46)47)20-13-17-14-21-26(37(7)8)29(41)25(32(44)36-34(4,5)6)31(43)35(21,45)30(42)23(17)28(40)24(20)27(22)39/h9-12,15,17,21,26,39-40,43,45H,13-14H2,1-8H3,(H,36,44). The van der Waals surface area contributed by atoms with Crippen molar-refractivity contribution in [1.82, 2.24) is 10.2 Å². The zero-order chi connectivity index (χ0) is 35.1. The van der Waals surface area contributed by atoms with E-state index in [4.69, 9.17) is 0 Å². The van der Waals surface area contributed by atoms with Gasteiger partial charge in [0.1, 0.15) is 22.8 Å². The van der Waals surface area contributed by atoms with Crippen molar-refractivity contribution in [3.05, 3.63) is 74.0 Å². The van der Waals surface area contributed by atoms with E-state index in [9.17, 15) is 44.9 Å². The van der Waals surface area contributed by atoms with Gasteiger partial charge < -0.3 is 25.7 Å². The number of amides is 1. The Hall–Kier alpha value is -4.55. The van der Waals surface area contributed by atoms with E-state index in [1.54, 1.807) is 47.0 Å². The highest BCUT2D eigenvalue weighted by Crippen LogP contribution is 2.55. The summed E-state index contributed by atoms with van der Waals surface area (Å²) in [5.41, 5.74) is -3.57. The maximum atomic E-state index is 14.5. The van der Waals surface area contributed by atoms with E-state index in [0.717, 1.165) is 0 Å². The van der Waals surface area contributed by atoms with Gasteiger partial charge in [-0.15, -0.1) is 0 Å². The number of Topliss-reactive ketones (excluding diaryl/α,β-unsaturated/α-hetero) is 2. The van der Waals surface area contributed by atoms with E-state index >= 15 is 0 Å². The number of aliphatic hydroxyl groups is 3. The normalized spacial score (nSPS) is 24.6. The number of carbonyl (C=O) groups is 3. The topological polar surface area (TPSA) is 191 Å². The third-order valence-electron chi connectivity index (χ3n) is 9.37. The molecular weight excluding hydrogens is 606 g/mol. The number of nitrogens with one attached hydrogen (secondary N) is 1. The molecule has 4 unspecified atom stereocenters. The molecule has 2 aromatic carbocycles. The molecule has 12 nitrogen and oxygen atoms in total. The lowest BCUT2D eigenvalue weighted by Gasteiger charge is -2.50. The first-order chi connectivity index (χ1) is 21.6. The van der Waals surface area contributed by atoms with Gasteiger partial charge in [0.2, 0.25) is 5.78 Å². The number of non-ortho nitro benzene ring substituents is 1. The van der Waals surface area contributed by atoms with Crippen molar-refractivity contribution in [3.8, 4) is 16.9 Å². The Kier molecular flexibility index (Phi) is 7.93. The summed E-state index contributed by atoms with van der Waals surface area (Å²) in [6, 6.07) is 6.52. The first kappa shape index (κ1) is 33.8. The highest BCUT2D eigenvalue weighted by molar-refractivity contribution is 6.25. The lowest BCUT2D eigenvalue weighted by atomic mass is 9.57. The van der Waals surface area contributed by atoms with E-state index in [1.807, 2.05) is 20.8 Å². The molecule has 0 saturated heterocycles. The number of ketones is 2. The smallest absolute Gasteiger partial charge is 0.270 e. The molecule has 4 atom stereocenters. The molecule has 1 amide bonds. The van der Waals surface area contributed by atoms with Crippen LogP contribution in [0.3, 0.4) is 0 Å². The molecule has 2 aromatic rings. The summed E-state index contributed by atoms with van der Waals surface area (Å²) in [5.74, 6) is -6.72. The summed E-state index contributed by atoms with van der Waals surface area (Å²) >= 11 is 0. The predicted molar refractivity (Wildman–Crippen MR) is 174 cm³/mol. The molecule has 0 bridgehead atoms. The molecule has 0 heterocycles. The molecule has 0 aromatic heterocycles. The van der Waals surface area contributed by atoms with Crippen molar-refractivity contribution in [2.24, 2.45) is 11.8 Å². The van der Waals surface area contributed by atoms with E-state index < -0.39 is 73.9 Å². The van der Waals surface area contributed by atoms with Gasteiger partial charge >= 0.3 is 0 Å². The SMILES string of the molecule is CN(C)C1C(=O)C(C(=O)NC(C)(C)C)=C(O)C2(O)C(=O)C3=C(O)c4c(O)c(C(C)(C)C)cc(-c5cccc([N+](=O)[O-])c5)c4CC3CC12. The first-order valence-corrected chi connectivity index (χ1v) is 15.4. The summed E-state index contributed by atoms with van der Waals surface area (Å²) in [4.78, 5) is 54.2. The molecule has 12 heteroatoms. The largest absolute Gasteiger partial charge is 0.508 e. The van der Waals surface area contributed by atoms with Crippen LogP contribution in [0.25, 0.3) is 16.9 Å². The monoisotopic (exact) mass is 647 g/mol. The van der Waals surface area contributed by atoms with Crippen LogP contribution in [0.15, 0.2) is 47.2 Å². The number of nitro benzene ring substituents is 1. The minimum absolute atomic E-state index is 0.0502. The maximum absolute atomic E-state index is 14.5. The van der Waals surface area contributed by atoms with Crippen LogP contribution in [0.1, 0.15) is 64.7 Å². The van der Waals surface area contributed by atoms with Crippen LogP contribution in [0.2, 0.25) is 0 Å². The van der Waals surface area contributed by atoms with Crippen molar-refractivity contribution in [2.75, 3.05) is 14.1 Å². The molecule has 0 radical (unpaired) electrons. The molecule has 1 saturated carbocycles. The summed E-state index contributed by atoms with van der Waals surface area (Å²) in [7, 11) is 3.14. The number of phenolic OH excluding ortho intramolecular Hbond substituents is 1. The molecule has 0 aliphatic heterocycles. The van der Waals surface area contributed by atoms with Gasteiger partial charge in [0.25, 0.3) is 11.6 Å². The Morgan fingerprint density at radius 2 is 1.70 bits per heavy atom. The number of aromatic hydroxyl groups is 1. The van der Waals surface area contributed by atoms with Gasteiger partial charge in [-0.25, -0.2) is 0 Å². The van der Waals surface area contributed by atoms with Crippen LogP contribution in [-0.4, -0.2) is 79.0 Å². The number of phenols is 1. The predicted octanol–water partition coefficient (Wildman–Crippen LogP) is 4.27. The van der Waals surface area contributed by atoms with Gasteiger partial charge in [0, 0.05) is 34.7 Å². The van der Waals surface area contributed by atoms with Crippen LogP contribution in [-0.2, 0) is 26.2 Å². The molecular formula is C35H41N3O9. The van der Waals surface area contributed by atoms with Crippen LogP contribution in [0, 0.1) is 22.0 Å². The van der Waals surface area contributed by atoms with Gasteiger partial charge in [0.05, 0.1) is 16.5 Å². The zero-order valence-corrected chi connectivity index (χ0v) is 27.8. The molecule has 3 aliphatic carbocycles. The fourth-order valence-electron chi connectivity index (χ4n) is 7.31. The number of hydrogen-bond donors (Lipinski definition) is 5. The number of nitro groups is 1. The van der Waals surface area contributed by atoms with Crippen molar-refractivity contribution in [2.45, 2.75) is 77.0 Å². The minimum Gasteiger partial charge on any atom is -0.508 e. The summed E-state index contributed by atoms with van der Waals surface area (Å²) in [6.07, 6.45) is 0.0172. The van der Waals surface area contributed by atoms with Crippen LogP contribution >= 0.6 is 0 Å². The van der Waals surface area contributed by atoms with Crippen molar-refractivity contribution in [1.29, 1.82) is 0 Å². The Morgan fingerprint density at radius 3 is 2.26 bits per heavy atom. The quantitative estimate of drug-likeness (QED) is 0.182. The lowest BCUT2D eigenvalue weighted by Crippen LogP contribution is -2.66. The van der Waals surface area contributed by atoms with E-state index in [1.165, 1.54) is 23.1 Å². The summed E-state index contributed by atoms with van der Waals surface area (Å²) in [5, 5.41) is 61.4. The molecule has 5 rings (SSSR count). The van der Waals surface area contributed by atoms with E-state index in [-0.39, 0.29) is 35.4 Å². The van der Waals surface area contributed by atoms with E-state index in [2.05, 4.69) is 5.32 Å². The maximum Gasteiger partial charge on any atom is 0.270 e. The Morgan fingerprint density at radius 1 is 1.06 bits per heavy atom. The van der Waals surface area contributed by atoms with Gasteiger partial charge in [-0.2, -0.15) is 0 Å². The lowest BCUT2D eigenvalue weighted by molar-refractivity contribution is -0.384. The molecule has 0 spiro atoms. The van der Waals surface area contributed by atoms with Gasteiger partial charge in [-0.05, 0) is 81.8 Å². The Labute approximate surface area is 272 Å². The Balaban J connectivity index is 1.79. The molecule has 250 valence electrons. The number of carbonyl (C=O) groups excluding carboxylic acids is 3. The summed E-state index contributed by atoms with van der Waals surface area (Å²) in [6.45, 7) is 10.6. The average molecular weight is 648 g/mol. The molecule has 5 N–H and O–H groups in total. The van der Waals surface area contributed by atoms with Crippen molar-refractivity contribution >= 4 is 28.9 Å². The van der Waals surface area contributed by atoms with Crippen LogP contribution in [0.5, 0.6) is 5.75 Å². The number of rotatable bonds is 4. The minimum atomic E-state index is -2.73. The number of fused-ring (bicyclic) bond motifs is 3. The average Bonchev–Trinajstić information content (AvgIpc) is 2.93. The first-order valence-electron chi connectivity index (χ1n) is 15.4. The van der Waals surface area contributed by atoms with Crippen molar-refractivity contribution < 1.29 is 39.7 Å². The zero-order valence-electron chi connectivity index (χ0n) is 27.8. The van der Waals surface area contributed by atoms with Crippen molar-refractivity contribution in [3.63, 3.8) is 0 Å². The van der Waals surface area contributed by atoms with Crippen LogP contribution in [0.4, 0.5) is 5.69 Å². The fourth-order valence-corrected chi connectivity index (χ4v) is 7.31. The number of aliphatic hydroxyl groups excluding tert-OH is 2. The summed E-state index contributed by atoms with van der Waals surface area (Å²) < 4.78 is 0. The number of nitrogens with zero attached hydrogens (tertiary/aromatic N) is 2. The Bertz CT molecular complexity index is 1810. The van der Waals surface area contributed by atoms with Gasteiger partial charge in [-0.3, -0.25) is 29.4 Å². The second-order valence-corrected chi connectivity index (χ2v) is 15.0. The highest BCUT2D eigenvalue weighted by Gasteiger charge is 2.64. The fraction of sp³-hybridized carbons (Fsp3) is 0.457. The van der Waals surface area contributed by atoms with E-state index in [0.29, 0.717) is 22.3 Å². The highest BCUT2D eigenvalue weighted by atomic mass is 16.6.